The first kappa shape index (κ1) is 25.6. The summed E-state index contributed by atoms with van der Waals surface area (Å²) in [4.78, 5) is 4.92. The number of para-hydroxylation sites is 3. The van der Waals surface area contributed by atoms with Crippen molar-refractivity contribution in [3.8, 4) is 22.3 Å². The summed E-state index contributed by atoms with van der Waals surface area (Å²) in [6.45, 7) is 0. The van der Waals surface area contributed by atoms with Gasteiger partial charge < -0.3 is 9.80 Å². The highest BCUT2D eigenvalue weighted by molar-refractivity contribution is 5.97. The van der Waals surface area contributed by atoms with E-state index < -0.39 is 0 Å². The fourth-order valence-electron chi connectivity index (χ4n) is 7.30. The van der Waals surface area contributed by atoms with Crippen molar-refractivity contribution in [2.45, 2.75) is 5.92 Å². The quantitative estimate of drug-likeness (QED) is 0.206. The third-order valence-corrected chi connectivity index (χ3v) is 9.21. The molecule has 7 aromatic carbocycles. The summed E-state index contributed by atoms with van der Waals surface area (Å²) in [7, 11) is 0. The van der Waals surface area contributed by atoms with Gasteiger partial charge in [-0.15, -0.1) is 0 Å². The number of hydrogen-bond donors (Lipinski definition) is 0. The van der Waals surface area contributed by atoms with Crippen LogP contribution in [0.1, 0.15) is 22.6 Å². The summed E-state index contributed by atoms with van der Waals surface area (Å²) < 4.78 is 0. The van der Waals surface area contributed by atoms with Crippen LogP contribution < -0.4 is 9.80 Å². The monoisotopic (exact) mass is 574 g/mol. The second-order valence-electron chi connectivity index (χ2n) is 11.8. The van der Waals surface area contributed by atoms with Gasteiger partial charge in [0.25, 0.3) is 0 Å². The number of rotatable bonds is 4. The van der Waals surface area contributed by atoms with Gasteiger partial charge in [-0.3, -0.25) is 0 Å². The Morgan fingerprint density at radius 1 is 0.311 bits per heavy atom. The van der Waals surface area contributed by atoms with E-state index in [2.05, 4.69) is 186 Å². The van der Waals surface area contributed by atoms with Gasteiger partial charge in [0.1, 0.15) is 0 Å². The SMILES string of the molecule is c1ccc(-c2cc(-c3ccccc3)cc(N3c4ccccc4C4c5ccccc5N(c5ccccc5)c5cccc3c54)c2)cc1. The molecule has 0 aromatic heterocycles. The van der Waals surface area contributed by atoms with Crippen LogP contribution in [-0.4, -0.2) is 0 Å². The second-order valence-corrected chi connectivity index (χ2v) is 11.8. The van der Waals surface area contributed by atoms with Gasteiger partial charge in [0.05, 0.1) is 22.7 Å². The Morgan fingerprint density at radius 2 is 0.733 bits per heavy atom. The molecular formula is C43H30N2. The van der Waals surface area contributed by atoms with Crippen molar-refractivity contribution < 1.29 is 0 Å². The molecule has 2 aliphatic rings. The van der Waals surface area contributed by atoms with Crippen molar-refractivity contribution in [1.29, 1.82) is 0 Å². The van der Waals surface area contributed by atoms with Crippen LogP contribution in [0.3, 0.4) is 0 Å². The summed E-state index contributed by atoms with van der Waals surface area (Å²) in [5.74, 6) is 0.130. The lowest BCUT2D eigenvalue weighted by molar-refractivity contribution is 0.909. The Morgan fingerprint density at radius 3 is 1.27 bits per heavy atom. The van der Waals surface area contributed by atoms with Crippen LogP contribution in [-0.2, 0) is 0 Å². The summed E-state index contributed by atoms with van der Waals surface area (Å²) in [5.41, 5.74) is 16.0. The lowest BCUT2D eigenvalue weighted by atomic mass is 9.76. The van der Waals surface area contributed by atoms with Crippen LogP contribution in [0.4, 0.5) is 34.1 Å². The molecular weight excluding hydrogens is 544 g/mol. The molecule has 2 heterocycles. The van der Waals surface area contributed by atoms with Gasteiger partial charge in [0.15, 0.2) is 0 Å². The molecule has 0 spiro atoms. The van der Waals surface area contributed by atoms with Crippen molar-refractivity contribution in [1.82, 2.24) is 0 Å². The Hall–Kier alpha value is -5.86. The maximum absolute atomic E-state index is 2.49. The zero-order chi connectivity index (χ0) is 29.7. The Bertz CT molecular complexity index is 2110. The molecule has 0 N–H and O–H groups in total. The lowest BCUT2D eigenvalue weighted by Gasteiger charge is -2.45. The predicted molar refractivity (Wildman–Crippen MR) is 188 cm³/mol. The van der Waals surface area contributed by atoms with Crippen LogP contribution >= 0.6 is 0 Å². The fourth-order valence-corrected chi connectivity index (χ4v) is 7.30. The van der Waals surface area contributed by atoms with Crippen molar-refractivity contribution in [3.05, 3.63) is 193 Å². The molecule has 0 saturated heterocycles. The molecule has 0 aliphatic carbocycles. The molecule has 2 aliphatic heterocycles. The van der Waals surface area contributed by atoms with Crippen molar-refractivity contribution in [2.24, 2.45) is 0 Å². The molecule has 1 atom stereocenters. The summed E-state index contributed by atoms with van der Waals surface area (Å²) in [5, 5.41) is 0. The summed E-state index contributed by atoms with van der Waals surface area (Å²) in [6.07, 6.45) is 0. The molecule has 2 heteroatoms. The molecule has 0 radical (unpaired) electrons. The summed E-state index contributed by atoms with van der Waals surface area (Å²) >= 11 is 0. The van der Waals surface area contributed by atoms with E-state index in [-0.39, 0.29) is 5.92 Å². The van der Waals surface area contributed by atoms with E-state index in [4.69, 9.17) is 0 Å². The fraction of sp³-hybridized carbons (Fsp3) is 0.0233. The van der Waals surface area contributed by atoms with E-state index >= 15 is 0 Å². The zero-order valence-corrected chi connectivity index (χ0v) is 24.7. The van der Waals surface area contributed by atoms with E-state index in [1.165, 1.54) is 67.4 Å². The van der Waals surface area contributed by atoms with Gasteiger partial charge in [-0.25, -0.2) is 0 Å². The average Bonchev–Trinajstić information content (AvgIpc) is 3.12. The summed E-state index contributed by atoms with van der Waals surface area (Å²) in [6, 6.07) is 63.9. The number of benzene rings is 7. The Labute approximate surface area is 264 Å². The van der Waals surface area contributed by atoms with Gasteiger partial charge >= 0.3 is 0 Å². The normalized spacial score (nSPS) is 14.4. The van der Waals surface area contributed by atoms with Crippen LogP contribution in [0, 0.1) is 0 Å². The zero-order valence-electron chi connectivity index (χ0n) is 24.7. The molecule has 1 unspecified atom stereocenters. The largest absolute Gasteiger partial charge is 0.310 e. The standard InChI is InChI=1S/C43H30N2/c1-4-15-30(16-5-1)32-27-33(31-17-6-2-7-18-31)29-35(28-32)45-39-24-13-11-22-37(39)42-36-21-10-12-23-38(36)44(34-19-8-3-9-20-34)40-25-14-26-41(45)43(40)42/h1-29,42H. The van der Waals surface area contributed by atoms with Crippen LogP contribution in [0.5, 0.6) is 0 Å². The minimum Gasteiger partial charge on any atom is -0.310 e. The number of anilines is 6. The minimum absolute atomic E-state index is 0.130. The number of nitrogens with zero attached hydrogens (tertiary/aromatic N) is 2. The molecule has 0 saturated carbocycles. The Kier molecular flexibility index (Phi) is 5.92. The van der Waals surface area contributed by atoms with Gasteiger partial charge in [-0.1, -0.05) is 121 Å². The van der Waals surface area contributed by atoms with Gasteiger partial charge in [-0.05, 0) is 88.0 Å². The first-order valence-electron chi connectivity index (χ1n) is 15.6. The highest BCUT2D eigenvalue weighted by atomic mass is 15.2. The van der Waals surface area contributed by atoms with Gasteiger partial charge in [-0.2, -0.15) is 0 Å². The smallest absolute Gasteiger partial charge is 0.0524 e. The second kappa shape index (κ2) is 10.4. The predicted octanol–water partition coefficient (Wildman–Crippen LogP) is 11.8. The Balaban J connectivity index is 1.33. The first-order valence-corrected chi connectivity index (χ1v) is 15.6. The van der Waals surface area contributed by atoms with Crippen molar-refractivity contribution >= 4 is 34.1 Å². The highest BCUT2D eigenvalue weighted by Gasteiger charge is 2.40. The topological polar surface area (TPSA) is 6.48 Å². The lowest BCUT2D eigenvalue weighted by Crippen LogP contribution is -2.29. The van der Waals surface area contributed by atoms with Crippen LogP contribution in [0.25, 0.3) is 22.3 Å². The average molecular weight is 575 g/mol. The number of hydrogen-bond acceptors (Lipinski definition) is 2. The van der Waals surface area contributed by atoms with Crippen LogP contribution in [0.15, 0.2) is 176 Å². The van der Waals surface area contributed by atoms with E-state index in [1.54, 1.807) is 0 Å². The van der Waals surface area contributed by atoms with E-state index in [9.17, 15) is 0 Å². The molecule has 0 bridgehead atoms. The van der Waals surface area contributed by atoms with E-state index in [1.807, 2.05) is 0 Å². The first-order chi connectivity index (χ1) is 22.3. The van der Waals surface area contributed by atoms with E-state index in [0.717, 1.165) is 5.69 Å². The minimum atomic E-state index is 0.130. The van der Waals surface area contributed by atoms with Gasteiger partial charge in [0.2, 0.25) is 0 Å². The maximum Gasteiger partial charge on any atom is 0.0524 e. The van der Waals surface area contributed by atoms with Crippen LogP contribution in [0.2, 0.25) is 0 Å². The highest BCUT2D eigenvalue weighted by Crippen LogP contribution is 2.60. The molecule has 7 aromatic rings. The third kappa shape index (κ3) is 4.11. The molecule has 45 heavy (non-hydrogen) atoms. The molecule has 0 fully saturated rings. The molecule has 2 nitrogen and oxygen atoms in total. The van der Waals surface area contributed by atoms with E-state index in [0.29, 0.717) is 0 Å². The third-order valence-electron chi connectivity index (χ3n) is 9.21. The molecule has 0 amide bonds. The van der Waals surface area contributed by atoms with Crippen molar-refractivity contribution in [3.63, 3.8) is 0 Å². The molecule has 9 rings (SSSR count). The maximum atomic E-state index is 2.49. The van der Waals surface area contributed by atoms with Gasteiger partial charge in [0, 0.05) is 22.9 Å². The number of fused-ring (bicyclic) bond motifs is 4. The van der Waals surface area contributed by atoms with Crippen molar-refractivity contribution in [2.75, 3.05) is 9.80 Å². The molecule has 212 valence electrons.